The lowest BCUT2D eigenvalue weighted by Gasteiger charge is -2.36. The fraction of sp³-hybridized carbons (Fsp3) is 0.429. The number of benzene rings is 1. The lowest BCUT2D eigenvalue weighted by molar-refractivity contribution is -0.151. The number of rotatable bonds is 2. The molecule has 1 unspecified atom stereocenters. The average Bonchev–Trinajstić information content (AvgIpc) is 2.39. The lowest BCUT2D eigenvalue weighted by Crippen LogP contribution is -2.57. The molecule has 1 atom stereocenters. The molecule has 0 spiro atoms. The summed E-state index contributed by atoms with van der Waals surface area (Å²) in [6.07, 6.45) is 1.82. The van der Waals surface area contributed by atoms with Crippen molar-refractivity contribution in [3.8, 4) is 0 Å². The zero-order chi connectivity index (χ0) is 14.9. The molecule has 108 valence electrons. The standard InChI is InChI=1S/C14H15I2NO3/c1-8(18)17-14(13(19)20-2)4-3-9-5-11(15)12(16)6-10(9)7-14/h5-6H,3-4,7H2,1-2H3,(H,17,18). The number of fused-ring (bicyclic) bond motifs is 1. The number of methoxy groups -OCH3 is 1. The number of halogens is 2. The molecule has 6 heteroatoms. The summed E-state index contributed by atoms with van der Waals surface area (Å²) < 4.78 is 7.28. The van der Waals surface area contributed by atoms with E-state index in [4.69, 9.17) is 4.74 Å². The molecule has 0 fully saturated rings. The first-order chi connectivity index (χ1) is 9.38. The van der Waals surface area contributed by atoms with E-state index >= 15 is 0 Å². The van der Waals surface area contributed by atoms with Crippen molar-refractivity contribution in [1.29, 1.82) is 0 Å². The van der Waals surface area contributed by atoms with E-state index in [9.17, 15) is 9.59 Å². The van der Waals surface area contributed by atoms with Crippen LogP contribution < -0.4 is 5.32 Å². The van der Waals surface area contributed by atoms with Gasteiger partial charge < -0.3 is 10.1 Å². The van der Waals surface area contributed by atoms with Gasteiger partial charge in [0.1, 0.15) is 5.54 Å². The number of esters is 1. The second-order valence-corrected chi connectivity index (χ2v) is 7.29. The van der Waals surface area contributed by atoms with Crippen molar-refractivity contribution in [2.24, 2.45) is 0 Å². The van der Waals surface area contributed by atoms with Crippen molar-refractivity contribution in [1.82, 2.24) is 5.32 Å². The minimum absolute atomic E-state index is 0.209. The summed E-state index contributed by atoms with van der Waals surface area (Å²) in [6, 6.07) is 4.25. The van der Waals surface area contributed by atoms with Crippen molar-refractivity contribution in [2.75, 3.05) is 7.11 Å². The van der Waals surface area contributed by atoms with Gasteiger partial charge >= 0.3 is 5.97 Å². The first-order valence-electron chi connectivity index (χ1n) is 6.22. The van der Waals surface area contributed by atoms with E-state index in [1.165, 1.54) is 23.2 Å². The van der Waals surface area contributed by atoms with Gasteiger partial charge in [0.05, 0.1) is 7.11 Å². The molecule has 1 amide bonds. The van der Waals surface area contributed by atoms with Gasteiger partial charge in [-0.15, -0.1) is 0 Å². The van der Waals surface area contributed by atoms with Crippen LogP contribution in [0.4, 0.5) is 0 Å². The molecule has 0 aromatic heterocycles. The molecule has 0 saturated carbocycles. The summed E-state index contributed by atoms with van der Waals surface area (Å²) in [5.41, 5.74) is 1.43. The van der Waals surface area contributed by atoms with E-state index < -0.39 is 5.54 Å². The second kappa shape index (κ2) is 6.17. The quantitative estimate of drug-likeness (QED) is 0.503. The maximum atomic E-state index is 12.1. The van der Waals surface area contributed by atoms with Crippen molar-refractivity contribution in [3.05, 3.63) is 30.4 Å². The van der Waals surface area contributed by atoms with Gasteiger partial charge in [-0.1, -0.05) is 0 Å². The minimum Gasteiger partial charge on any atom is -0.467 e. The molecule has 0 bridgehead atoms. The normalized spacial score (nSPS) is 21.0. The predicted octanol–water partition coefficient (Wildman–Crippen LogP) is 2.43. The molecule has 0 heterocycles. The van der Waals surface area contributed by atoms with Crippen molar-refractivity contribution >= 4 is 57.1 Å². The highest BCUT2D eigenvalue weighted by Gasteiger charge is 2.43. The van der Waals surface area contributed by atoms with Crippen LogP contribution in [0, 0.1) is 7.14 Å². The highest BCUT2D eigenvalue weighted by Crippen LogP contribution is 2.32. The van der Waals surface area contributed by atoms with Gasteiger partial charge in [-0.05, 0) is 81.3 Å². The van der Waals surface area contributed by atoms with Crippen LogP contribution in [-0.2, 0) is 27.2 Å². The maximum Gasteiger partial charge on any atom is 0.331 e. The molecule has 20 heavy (non-hydrogen) atoms. The molecular weight excluding hydrogens is 484 g/mol. The topological polar surface area (TPSA) is 55.4 Å². The van der Waals surface area contributed by atoms with E-state index in [0.29, 0.717) is 12.8 Å². The van der Waals surface area contributed by atoms with Crippen molar-refractivity contribution in [3.63, 3.8) is 0 Å². The van der Waals surface area contributed by atoms with Crippen LogP contribution in [-0.4, -0.2) is 24.5 Å². The molecule has 2 rings (SSSR count). The van der Waals surface area contributed by atoms with E-state index in [1.54, 1.807) is 0 Å². The third-order valence-electron chi connectivity index (χ3n) is 3.55. The number of aryl methyl sites for hydroxylation is 1. The summed E-state index contributed by atoms with van der Waals surface area (Å²) in [6.45, 7) is 1.43. The number of hydrogen-bond acceptors (Lipinski definition) is 3. The fourth-order valence-electron chi connectivity index (χ4n) is 2.65. The van der Waals surface area contributed by atoms with Gasteiger partial charge in [0.25, 0.3) is 0 Å². The number of hydrogen-bond donors (Lipinski definition) is 1. The molecule has 0 radical (unpaired) electrons. The summed E-state index contributed by atoms with van der Waals surface area (Å²) >= 11 is 4.59. The number of carbonyl (C=O) groups is 2. The molecule has 1 aromatic carbocycles. The van der Waals surface area contributed by atoms with Crippen LogP contribution in [0.1, 0.15) is 24.5 Å². The Labute approximate surface area is 145 Å². The number of amides is 1. The number of carbonyl (C=O) groups excluding carboxylic acids is 2. The minimum atomic E-state index is -0.927. The number of ether oxygens (including phenoxy) is 1. The Morgan fingerprint density at radius 2 is 1.85 bits per heavy atom. The van der Waals surface area contributed by atoms with Crippen molar-refractivity contribution in [2.45, 2.75) is 31.7 Å². The predicted molar refractivity (Wildman–Crippen MR) is 92.5 cm³/mol. The van der Waals surface area contributed by atoms with Crippen LogP contribution in [0.3, 0.4) is 0 Å². The Bertz CT molecular complexity index is 574. The molecule has 1 aliphatic rings. The third kappa shape index (κ3) is 3.10. The van der Waals surface area contributed by atoms with Crippen LogP contribution in [0.15, 0.2) is 12.1 Å². The van der Waals surface area contributed by atoms with E-state index in [-0.39, 0.29) is 11.9 Å². The van der Waals surface area contributed by atoms with Crippen LogP contribution in [0.5, 0.6) is 0 Å². The summed E-state index contributed by atoms with van der Waals surface area (Å²) in [5.74, 6) is -0.578. The lowest BCUT2D eigenvalue weighted by atomic mass is 9.78. The summed E-state index contributed by atoms with van der Waals surface area (Å²) in [4.78, 5) is 23.6. The molecule has 1 aliphatic carbocycles. The maximum absolute atomic E-state index is 12.1. The van der Waals surface area contributed by atoms with E-state index in [2.05, 4.69) is 62.6 Å². The van der Waals surface area contributed by atoms with Gasteiger partial charge in [0, 0.05) is 20.5 Å². The Morgan fingerprint density at radius 1 is 1.25 bits per heavy atom. The Kier molecular flexibility index (Phi) is 4.93. The van der Waals surface area contributed by atoms with Gasteiger partial charge in [0.2, 0.25) is 5.91 Å². The molecule has 0 saturated heterocycles. The van der Waals surface area contributed by atoms with E-state index in [0.717, 1.165) is 15.6 Å². The van der Waals surface area contributed by atoms with Crippen LogP contribution >= 0.6 is 45.2 Å². The van der Waals surface area contributed by atoms with Gasteiger partial charge in [-0.3, -0.25) is 4.79 Å². The molecule has 4 nitrogen and oxygen atoms in total. The third-order valence-corrected chi connectivity index (χ3v) is 6.36. The molecule has 0 aliphatic heterocycles. The van der Waals surface area contributed by atoms with E-state index in [1.807, 2.05) is 0 Å². The van der Waals surface area contributed by atoms with Gasteiger partial charge in [0.15, 0.2) is 0 Å². The SMILES string of the molecule is COC(=O)C1(NC(C)=O)CCc2cc(I)c(I)cc2C1. The Balaban J connectivity index is 2.41. The molecule has 1 N–H and O–H groups in total. The zero-order valence-corrected chi connectivity index (χ0v) is 15.6. The average molecular weight is 499 g/mol. The zero-order valence-electron chi connectivity index (χ0n) is 11.3. The van der Waals surface area contributed by atoms with Gasteiger partial charge in [-0.2, -0.15) is 0 Å². The largest absolute Gasteiger partial charge is 0.467 e. The van der Waals surface area contributed by atoms with Crippen molar-refractivity contribution < 1.29 is 14.3 Å². The highest BCUT2D eigenvalue weighted by atomic mass is 127. The van der Waals surface area contributed by atoms with Gasteiger partial charge in [-0.25, -0.2) is 4.79 Å². The fourth-order valence-corrected chi connectivity index (χ4v) is 3.72. The molecular formula is C14H15I2NO3. The smallest absolute Gasteiger partial charge is 0.331 e. The summed E-state index contributed by atoms with van der Waals surface area (Å²) in [5, 5.41) is 2.80. The van der Waals surface area contributed by atoms with Crippen LogP contribution in [0.25, 0.3) is 0 Å². The monoisotopic (exact) mass is 499 g/mol. The Morgan fingerprint density at radius 3 is 2.40 bits per heavy atom. The number of nitrogens with one attached hydrogen (secondary N) is 1. The first kappa shape index (κ1) is 16.0. The highest BCUT2D eigenvalue weighted by molar-refractivity contribution is 14.1. The Hall–Kier alpha value is -0.380. The molecule has 1 aromatic rings. The first-order valence-corrected chi connectivity index (χ1v) is 8.37. The second-order valence-electron chi connectivity index (χ2n) is 4.97. The van der Waals surface area contributed by atoms with Crippen LogP contribution in [0.2, 0.25) is 0 Å². The summed E-state index contributed by atoms with van der Waals surface area (Å²) in [7, 11) is 1.36.